The van der Waals surface area contributed by atoms with Gasteiger partial charge in [0.2, 0.25) is 0 Å². The van der Waals surface area contributed by atoms with Crippen LogP contribution in [0.3, 0.4) is 0 Å². The third kappa shape index (κ3) is 3.46. The van der Waals surface area contributed by atoms with Crippen molar-refractivity contribution in [3.05, 3.63) is 47.8 Å². The van der Waals surface area contributed by atoms with Crippen LogP contribution in [0.15, 0.2) is 36.5 Å². The molecule has 0 atom stereocenters. The van der Waals surface area contributed by atoms with Crippen LogP contribution in [0.5, 0.6) is 0 Å². The molecule has 0 bridgehead atoms. The quantitative estimate of drug-likeness (QED) is 0.724. The third-order valence-electron chi connectivity index (χ3n) is 5.34. The highest BCUT2D eigenvalue weighted by Crippen LogP contribution is 2.29. The standard InChI is InChI=1S/C22H27N5O/c1-15(2)27-21-17(14-23-27)13-18(16(3)24-21)22(28)25-19-9-5-6-10-20(19)26-11-7-4-8-12-26/h5-6,9-10,13-15H,4,7-8,11-12H2,1-3H3,(H,25,28). The van der Waals surface area contributed by atoms with Crippen molar-refractivity contribution in [3.63, 3.8) is 0 Å². The highest BCUT2D eigenvalue weighted by Gasteiger charge is 2.19. The van der Waals surface area contributed by atoms with Crippen LogP contribution < -0.4 is 10.2 Å². The molecular weight excluding hydrogens is 350 g/mol. The summed E-state index contributed by atoms with van der Waals surface area (Å²) in [5.41, 5.74) is 4.06. The van der Waals surface area contributed by atoms with Crippen LogP contribution in [0.25, 0.3) is 11.0 Å². The number of para-hydroxylation sites is 2. The first kappa shape index (κ1) is 18.5. The summed E-state index contributed by atoms with van der Waals surface area (Å²) < 4.78 is 1.88. The minimum atomic E-state index is -0.131. The van der Waals surface area contributed by atoms with Crippen molar-refractivity contribution in [2.45, 2.75) is 46.1 Å². The second-order valence-corrected chi connectivity index (χ2v) is 7.74. The van der Waals surface area contributed by atoms with E-state index in [4.69, 9.17) is 0 Å². The van der Waals surface area contributed by atoms with E-state index in [9.17, 15) is 4.79 Å². The molecule has 28 heavy (non-hydrogen) atoms. The number of aryl methyl sites for hydroxylation is 1. The molecule has 2 aromatic heterocycles. The van der Waals surface area contributed by atoms with Crippen molar-refractivity contribution in [1.29, 1.82) is 0 Å². The molecule has 0 radical (unpaired) electrons. The lowest BCUT2D eigenvalue weighted by atomic mass is 10.1. The molecule has 1 saturated heterocycles. The average Bonchev–Trinajstić information content (AvgIpc) is 3.11. The SMILES string of the molecule is Cc1nc2c(cnn2C(C)C)cc1C(=O)Nc1ccccc1N1CCCCC1. The number of nitrogens with one attached hydrogen (secondary N) is 1. The van der Waals surface area contributed by atoms with E-state index < -0.39 is 0 Å². The molecule has 3 aromatic rings. The monoisotopic (exact) mass is 377 g/mol. The summed E-state index contributed by atoms with van der Waals surface area (Å²) in [7, 11) is 0. The topological polar surface area (TPSA) is 63.1 Å². The predicted octanol–water partition coefficient (Wildman–Crippen LogP) is 4.56. The van der Waals surface area contributed by atoms with Gasteiger partial charge in [-0.25, -0.2) is 9.67 Å². The number of amides is 1. The molecule has 0 unspecified atom stereocenters. The fourth-order valence-corrected chi connectivity index (χ4v) is 3.85. The smallest absolute Gasteiger partial charge is 0.257 e. The van der Waals surface area contributed by atoms with Crippen LogP contribution in [0.2, 0.25) is 0 Å². The Labute approximate surface area is 165 Å². The molecule has 6 heteroatoms. The molecule has 0 aliphatic carbocycles. The van der Waals surface area contributed by atoms with Gasteiger partial charge in [0, 0.05) is 24.5 Å². The van der Waals surface area contributed by atoms with Crippen molar-refractivity contribution >= 4 is 28.3 Å². The van der Waals surface area contributed by atoms with Crippen molar-refractivity contribution in [3.8, 4) is 0 Å². The van der Waals surface area contributed by atoms with Crippen molar-refractivity contribution < 1.29 is 4.79 Å². The molecule has 1 fully saturated rings. The zero-order valence-corrected chi connectivity index (χ0v) is 16.8. The summed E-state index contributed by atoms with van der Waals surface area (Å²) in [6, 6.07) is 10.2. The van der Waals surface area contributed by atoms with Crippen LogP contribution in [0, 0.1) is 6.92 Å². The zero-order valence-electron chi connectivity index (χ0n) is 16.8. The van der Waals surface area contributed by atoms with Gasteiger partial charge in [-0.2, -0.15) is 5.10 Å². The summed E-state index contributed by atoms with van der Waals surface area (Å²) in [6.07, 6.45) is 5.45. The van der Waals surface area contributed by atoms with Gasteiger partial charge < -0.3 is 10.2 Å². The van der Waals surface area contributed by atoms with Crippen LogP contribution in [-0.4, -0.2) is 33.8 Å². The maximum Gasteiger partial charge on any atom is 0.257 e. The van der Waals surface area contributed by atoms with Gasteiger partial charge in [-0.05, 0) is 58.2 Å². The van der Waals surface area contributed by atoms with Gasteiger partial charge in [0.1, 0.15) is 0 Å². The Morgan fingerprint density at radius 1 is 1.14 bits per heavy atom. The number of carbonyl (C=O) groups is 1. The molecule has 0 spiro atoms. The lowest BCUT2D eigenvalue weighted by molar-refractivity contribution is 0.102. The number of rotatable bonds is 4. The van der Waals surface area contributed by atoms with Crippen molar-refractivity contribution in [2.24, 2.45) is 0 Å². The van der Waals surface area contributed by atoms with E-state index in [-0.39, 0.29) is 11.9 Å². The highest BCUT2D eigenvalue weighted by atomic mass is 16.1. The summed E-state index contributed by atoms with van der Waals surface area (Å²) in [5, 5.41) is 8.41. The molecule has 4 rings (SSSR count). The fraction of sp³-hybridized carbons (Fsp3) is 0.409. The Bertz CT molecular complexity index is 1000. The summed E-state index contributed by atoms with van der Waals surface area (Å²) >= 11 is 0. The first-order valence-electron chi connectivity index (χ1n) is 10.0. The van der Waals surface area contributed by atoms with Gasteiger partial charge >= 0.3 is 0 Å². The largest absolute Gasteiger partial charge is 0.370 e. The summed E-state index contributed by atoms with van der Waals surface area (Å²) in [6.45, 7) is 8.09. The minimum absolute atomic E-state index is 0.131. The molecule has 0 saturated carbocycles. The summed E-state index contributed by atoms with van der Waals surface area (Å²) in [5.74, 6) is -0.131. The zero-order chi connectivity index (χ0) is 19.7. The molecule has 1 amide bonds. The van der Waals surface area contributed by atoms with E-state index in [1.165, 1.54) is 19.3 Å². The average molecular weight is 377 g/mol. The molecule has 1 aliphatic heterocycles. The first-order valence-corrected chi connectivity index (χ1v) is 10.0. The van der Waals surface area contributed by atoms with Crippen LogP contribution in [0.4, 0.5) is 11.4 Å². The number of fused-ring (bicyclic) bond motifs is 1. The Morgan fingerprint density at radius 3 is 2.64 bits per heavy atom. The molecule has 3 heterocycles. The number of nitrogens with zero attached hydrogens (tertiary/aromatic N) is 4. The third-order valence-corrected chi connectivity index (χ3v) is 5.34. The number of hydrogen-bond acceptors (Lipinski definition) is 4. The number of aromatic nitrogens is 3. The molecule has 1 aromatic carbocycles. The molecule has 1 aliphatic rings. The van der Waals surface area contributed by atoms with Gasteiger partial charge in [-0.3, -0.25) is 4.79 Å². The maximum atomic E-state index is 13.1. The molecule has 146 valence electrons. The van der Waals surface area contributed by atoms with E-state index in [0.29, 0.717) is 11.3 Å². The number of carbonyl (C=O) groups excluding carboxylic acids is 1. The van der Waals surface area contributed by atoms with E-state index in [0.717, 1.165) is 35.5 Å². The van der Waals surface area contributed by atoms with Crippen LogP contribution in [-0.2, 0) is 0 Å². The van der Waals surface area contributed by atoms with Gasteiger partial charge in [-0.15, -0.1) is 0 Å². The van der Waals surface area contributed by atoms with Gasteiger partial charge in [0.25, 0.3) is 5.91 Å². The highest BCUT2D eigenvalue weighted by molar-refractivity contribution is 6.08. The maximum absolute atomic E-state index is 13.1. The van der Waals surface area contributed by atoms with E-state index >= 15 is 0 Å². The van der Waals surface area contributed by atoms with E-state index in [2.05, 4.69) is 40.2 Å². The normalized spacial score (nSPS) is 14.6. The fourth-order valence-electron chi connectivity index (χ4n) is 3.85. The Morgan fingerprint density at radius 2 is 1.89 bits per heavy atom. The molecule has 6 nitrogen and oxygen atoms in total. The number of pyridine rings is 1. The summed E-state index contributed by atoms with van der Waals surface area (Å²) in [4.78, 5) is 20.1. The van der Waals surface area contributed by atoms with Crippen LogP contribution in [0.1, 0.15) is 55.2 Å². The van der Waals surface area contributed by atoms with Gasteiger partial charge in [0.15, 0.2) is 5.65 Å². The number of benzene rings is 1. The first-order chi connectivity index (χ1) is 13.5. The van der Waals surface area contributed by atoms with Gasteiger partial charge in [-0.1, -0.05) is 12.1 Å². The number of piperidine rings is 1. The molecule has 1 N–H and O–H groups in total. The van der Waals surface area contributed by atoms with Gasteiger partial charge in [0.05, 0.1) is 28.8 Å². The minimum Gasteiger partial charge on any atom is -0.370 e. The second kappa shape index (κ2) is 7.62. The van der Waals surface area contributed by atoms with E-state index in [1.54, 1.807) is 6.20 Å². The Hall–Kier alpha value is -2.89. The molecular formula is C22H27N5O. The predicted molar refractivity (Wildman–Crippen MR) is 113 cm³/mol. The Balaban J connectivity index is 1.63. The van der Waals surface area contributed by atoms with E-state index in [1.807, 2.05) is 35.9 Å². The van der Waals surface area contributed by atoms with Crippen LogP contribution >= 0.6 is 0 Å². The lowest BCUT2D eigenvalue weighted by Crippen LogP contribution is -2.30. The lowest BCUT2D eigenvalue weighted by Gasteiger charge is -2.30. The van der Waals surface area contributed by atoms with Crippen molar-refractivity contribution in [1.82, 2.24) is 14.8 Å². The second-order valence-electron chi connectivity index (χ2n) is 7.74. The van der Waals surface area contributed by atoms with Crippen molar-refractivity contribution in [2.75, 3.05) is 23.3 Å². The number of anilines is 2. The Kier molecular flexibility index (Phi) is 5.03. The number of hydrogen-bond donors (Lipinski definition) is 1.